The molecule has 2 N–H and O–H groups in total. The van der Waals surface area contributed by atoms with Crippen molar-refractivity contribution in [1.82, 2.24) is 10.0 Å². The monoisotopic (exact) mass is 350 g/mol. The van der Waals surface area contributed by atoms with Gasteiger partial charge in [0.25, 0.3) is 0 Å². The van der Waals surface area contributed by atoms with E-state index in [-0.39, 0.29) is 6.04 Å². The van der Waals surface area contributed by atoms with E-state index < -0.39 is 32.7 Å². The van der Waals surface area contributed by atoms with E-state index in [0.717, 1.165) is 17.7 Å². The standard InChI is InChI=1S/C17H19FN2O3S/c1-12(14-8-4-3-5-9-14)19-17(21)13(2)20-24(22,23)16-11-7-6-10-15(16)18/h3-13,20H,1-2H3,(H,19,21)/t12-,13+/m1/s1. The first-order chi connectivity index (χ1) is 11.3. The number of carbonyl (C=O) groups is 1. The highest BCUT2D eigenvalue weighted by molar-refractivity contribution is 7.89. The maximum absolute atomic E-state index is 13.6. The second-order valence-electron chi connectivity index (χ2n) is 5.41. The number of nitrogens with one attached hydrogen (secondary N) is 2. The summed E-state index contributed by atoms with van der Waals surface area (Å²) in [5.41, 5.74) is 0.898. The van der Waals surface area contributed by atoms with Gasteiger partial charge in [0.2, 0.25) is 15.9 Å². The van der Waals surface area contributed by atoms with E-state index >= 15 is 0 Å². The van der Waals surface area contributed by atoms with Crippen LogP contribution in [0.25, 0.3) is 0 Å². The van der Waals surface area contributed by atoms with Crippen molar-refractivity contribution in [1.29, 1.82) is 0 Å². The molecule has 2 atom stereocenters. The lowest BCUT2D eigenvalue weighted by Crippen LogP contribution is -2.45. The van der Waals surface area contributed by atoms with Gasteiger partial charge < -0.3 is 5.32 Å². The number of halogens is 1. The zero-order chi connectivity index (χ0) is 17.7. The maximum atomic E-state index is 13.6. The van der Waals surface area contributed by atoms with Crippen molar-refractivity contribution < 1.29 is 17.6 Å². The molecule has 0 saturated carbocycles. The van der Waals surface area contributed by atoms with Gasteiger partial charge in [0.05, 0.1) is 12.1 Å². The topological polar surface area (TPSA) is 75.3 Å². The summed E-state index contributed by atoms with van der Waals surface area (Å²) < 4.78 is 40.2. The van der Waals surface area contributed by atoms with Gasteiger partial charge in [-0.15, -0.1) is 0 Å². The minimum atomic E-state index is -4.12. The van der Waals surface area contributed by atoms with Gasteiger partial charge in [0.15, 0.2) is 0 Å². The molecule has 0 spiro atoms. The normalized spacial score (nSPS) is 14.0. The number of amides is 1. The maximum Gasteiger partial charge on any atom is 0.244 e. The fourth-order valence-electron chi connectivity index (χ4n) is 2.18. The predicted octanol–water partition coefficient (Wildman–Crippen LogP) is 2.37. The van der Waals surface area contributed by atoms with Crippen LogP contribution in [0.15, 0.2) is 59.5 Å². The molecule has 0 heterocycles. The summed E-state index contributed by atoms with van der Waals surface area (Å²) in [5.74, 6) is -1.36. The summed E-state index contributed by atoms with van der Waals surface area (Å²) in [7, 11) is -4.12. The molecule has 2 rings (SSSR count). The van der Waals surface area contributed by atoms with E-state index in [1.165, 1.54) is 19.1 Å². The smallest absolute Gasteiger partial charge is 0.244 e. The highest BCUT2D eigenvalue weighted by Gasteiger charge is 2.25. The van der Waals surface area contributed by atoms with Crippen LogP contribution >= 0.6 is 0 Å². The van der Waals surface area contributed by atoms with Crippen molar-refractivity contribution in [3.05, 3.63) is 66.0 Å². The molecule has 2 aromatic carbocycles. The highest BCUT2D eigenvalue weighted by Crippen LogP contribution is 2.14. The van der Waals surface area contributed by atoms with Gasteiger partial charge in [0.1, 0.15) is 10.7 Å². The molecule has 128 valence electrons. The van der Waals surface area contributed by atoms with Crippen molar-refractivity contribution in [2.45, 2.75) is 30.8 Å². The van der Waals surface area contributed by atoms with Crippen LogP contribution < -0.4 is 10.0 Å². The summed E-state index contributed by atoms with van der Waals surface area (Å²) in [5, 5.41) is 2.72. The minimum absolute atomic E-state index is 0.279. The Hall–Kier alpha value is -2.25. The van der Waals surface area contributed by atoms with Gasteiger partial charge >= 0.3 is 0 Å². The molecule has 24 heavy (non-hydrogen) atoms. The molecule has 0 radical (unpaired) electrons. The van der Waals surface area contributed by atoms with Gasteiger partial charge in [-0.1, -0.05) is 42.5 Å². The van der Waals surface area contributed by atoms with Crippen LogP contribution in [0.5, 0.6) is 0 Å². The van der Waals surface area contributed by atoms with E-state index in [1.54, 1.807) is 6.92 Å². The average Bonchev–Trinajstić information content (AvgIpc) is 2.55. The lowest BCUT2D eigenvalue weighted by atomic mass is 10.1. The lowest BCUT2D eigenvalue weighted by molar-refractivity contribution is -0.123. The van der Waals surface area contributed by atoms with Crippen LogP contribution in [0.4, 0.5) is 4.39 Å². The van der Waals surface area contributed by atoms with Crippen LogP contribution in [-0.4, -0.2) is 20.4 Å². The third kappa shape index (κ3) is 4.39. The third-order valence-electron chi connectivity index (χ3n) is 3.51. The molecule has 0 aliphatic heterocycles. The number of benzene rings is 2. The Bertz CT molecular complexity index is 810. The van der Waals surface area contributed by atoms with Gasteiger partial charge in [0, 0.05) is 0 Å². The molecule has 0 unspecified atom stereocenters. The quantitative estimate of drug-likeness (QED) is 0.840. The van der Waals surface area contributed by atoms with E-state index in [9.17, 15) is 17.6 Å². The van der Waals surface area contributed by atoms with Gasteiger partial charge in [-0.25, -0.2) is 12.8 Å². The van der Waals surface area contributed by atoms with E-state index in [0.29, 0.717) is 0 Å². The molecule has 0 bridgehead atoms. The number of hydrogen-bond acceptors (Lipinski definition) is 3. The van der Waals surface area contributed by atoms with E-state index in [4.69, 9.17) is 0 Å². The third-order valence-corrected chi connectivity index (χ3v) is 5.08. The molecule has 0 aliphatic rings. The second-order valence-corrected chi connectivity index (χ2v) is 7.10. The van der Waals surface area contributed by atoms with Crippen LogP contribution in [0.3, 0.4) is 0 Å². The van der Waals surface area contributed by atoms with Gasteiger partial charge in [-0.3, -0.25) is 4.79 Å². The highest BCUT2D eigenvalue weighted by atomic mass is 32.2. The van der Waals surface area contributed by atoms with E-state index in [2.05, 4.69) is 10.0 Å². The Morgan fingerprint density at radius 1 is 1.00 bits per heavy atom. The number of carbonyl (C=O) groups excluding carboxylic acids is 1. The Kier molecular flexibility index (Phi) is 5.69. The Labute approximate surface area is 141 Å². The molecule has 7 heteroatoms. The van der Waals surface area contributed by atoms with Crippen molar-refractivity contribution >= 4 is 15.9 Å². The molecule has 0 aromatic heterocycles. The molecule has 2 aromatic rings. The molecule has 0 fully saturated rings. The summed E-state index contributed by atoms with van der Waals surface area (Å²) in [6.07, 6.45) is 0. The Morgan fingerprint density at radius 3 is 2.21 bits per heavy atom. The van der Waals surface area contributed by atoms with Crippen LogP contribution in [0, 0.1) is 5.82 Å². The van der Waals surface area contributed by atoms with Gasteiger partial charge in [-0.05, 0) is 31.5 Å². The second kappa shape index (κ2) is 7.55. The van der Waals surface area contributed by atoms with E-state index in [1.807, 2.05) is 30.3 Å². The number of sulfonamides is 1. The zero-order valence-corrected chi connectivity index (χ0v) is 14.2. The summed E-state index contributed by atoms with van der Waals surface area (Å²) in [4.78, 5) is 11.7. The first-order valence-corrected chi connectivity index (χ1v) is 8.92. The average molecular weight is 350 g/mol. The largest absolute Gasteiger partial charge is 0.348 e. The van der Waals surface area contributed by atoms with Crippen molar-refractivity contribution in [3.8, 4) is 0 Å². The summed E-state index contributed by atoms with van der Waals surface area (Å²) >= 11 is 0. The molecule has 1 amide bonds. The predicted molar refractivity (Wildman–Crippen MR) is 89.2 cm³/mol. The Balaban J connectivity index is 2.05. The minimum Gasteiger partial charge on any atom is -0.348 e. The molecule has 0 saturated heterocycles. The molecular formula is C17H19FN2O3S. The SMILES string of the molecule is C[C@H](NS(=O)(=O)c1ccccc1F)C(=O)N[C@H](C)c1ccccc1. The van der Waals surface area contributed by atoms with Crippen LogP contribution in [0.2, 0.25) is 0 Å². The molecule has 5 nitrogen and oxygen atoms in total. The first kappa shape index (κ1) is 18.1. The fourth-order valence-corrected chi connectivity index (χ4v) is 3.46. The summed E-state index contributed by atoms with van der Waals surface area (Å²) in [6.45, 7) is 3.21. The summed E-state index contributed by atoms with van der Waals surface area (Å²) in [6, 6.07) is 13.0. The lowest BCUT2D eigenvalue weighted by Gasteiger charge is -2.19. The van der Waals surface area contributed by atoms with Gasteiger partial charge in [-0.2, -0.15) is 4.72 Å². The van der Waals surface area contributed by atoms with Crippen LogP contribution in [0.1, 0.15) is 25.5 Å². The zero-order valence-electron chi connectivity index (χ0n) is 13.4. The molecule has 0 aliphatic carbocycles. The first-order valence-electron chi connectivity index (χ1n) is 7.43. The van der Waals surface area contributed by atoms with Crippen LogP contribution in [-0.2, 0) is 14.8 Å². The molecular weight excluding hydrogens is 331 g/mol. The fraction of sp³-hybridized carbons (Fsp3) is 0.235. The van der Waals surface area contributed by atoms with Crippen molar-refractivity contribution in [2.75, 3.05) is 0 Å². The Morgan fingerprint density at radius 2 is 1.58 bits per heavy atom. The van der Waals surface area contributed by atoms with Crippen molar-refractivity contribution in [3.63, 3.8) is 0 Å². The van der Waals surface area contributed by atoms with Crippen molar-refractivity contribution in [2.24, 2.45) is 0 Å². The number of rotatable bonds is 6. The number of hydrogen-bond donors (Lipinski definition) is 2.